The van der Waals surface area contributed by atoms with Crippen LogP contribution in [0.25, 0.3) is 44.3 Å². The molecule has 0 saturated carbocycles. The Labute approximate surface area is 209 Å². The van der Waals surface area contributed by atoms with Gasteiger partial charge < -0.3 is 4.42 Å². The lowest BCUT2D eigenvalue weighted by Crippen LogP contribution is -2.34. The van der Waals surface area contributed by atoms with Crippen molar-refractivity contribution in [2.75, 3.05) is 0 Å². The summed E-state index contributed by atoms with van der Waals surface area (Å²) in [5.41, 5.74) is 10.8. The first-order valence-corrected chi connectivity index (χ1v) is 12.5. The summed E-state index contributed by atoms with van der Waals surface area (Å²) in [6, 6.07) is 24.2. The van der Waals surface area contributed by atoms with Crippen LogP contribution in [-0.2, 0) is 17.9 Å². The highest BCUT2D eigenvalue weighted by molar-refractivity contribution is 6.09. The van der Waals surface area contributed by atoms with Crippen LogP contribution in [-0.4, -0.2) is 0 Å². The van der Waals surface area contributed by atoms with Crippen LogP contribution in [0.5, 0.6) is 0 Å². The molecule has 0 fully saturated rings. The number of pyridine rings is 1. The van der Waals surface area contributed by atoms with E-state index in [4.69, 9.17) is 4.42 Å². The number of nitrogens with zero attached hydrogens (tertiary/aromatic N) is 1. The molecule has 3 aromatic carbocycles. The number of fused-ring (bicyclic) bond motifs is 3. The molecule has 5 aromatic rings. The van der Waals surface area contributed by atoms with Crippen LogP contribution in [0, 0.1) is 6.92 Å². The molecule has 0 aliphatic carbocycles. The Bertz CT molecular complexity index is 1550. The number of furan rings is 1. The molecule has 0 unspecified atom stereocenters. The van der Waals surface area contributed by atoms with Crippen LogP contribution in [0.2, 0.25) is 0 Å². The van der Waals surface area contributed by atoms with Crippen LogP contribution in [0.4, 0.5) is 0 Å². The number of hydrogen-bond donors (Lipinski definition) is 0. The van der Waals surface area contributed by atoms with Crippen molar-refractivity contribution in [1.82, 2.24) is 0 Å². The number of benzene rings is 3. The third-order valence-electron chi connectivity index (χ3n) is 7.16. The molecule has 0 atom stereocenters. The van der Waals surface area contributed by atoms with E-state index in [9.17, 15) is 0 Å². The minimum Gasteiger partial charge on any atom is -0.455 e. The zero-order valence-corrected chi connectivity index (χ0v) is 22.3. The predicted molar refractivity (Wildman–Crippen MR) is 148 cm³/mol. The van der Waals surface area contributed by atoms with Gasteiger partial charge in [0, 0.05) is 22.4 Å². The highest BCUT2D eigenvalue weighted by Crippen LogP contribution is 2.40. The molecule has 35 heavy (non-hydrogen) atoms. The Morgan fingerprint density at radius 2 is 1.43 bits per heavy atom. The molecule has 0 N–H and O–H groups in total. The van der Waals surface area contributed by atoms with Gasteiger partial charge in [0.1, 0.15) is 18.2 Å². The quantitative estimate of drug-likeness (QED) is 0.240. The van der Waals surface area contributed by atoms with Crippen molar-refractivity contribution in [1.29, 1.82) is 0 Å². The summed E-state index contributed by atoms with van der Waals surface area (Å²) < 4.78 is 8.72. The van der Waals surface area contributed by atoms with Gasteiger partial charge in [-0.3, -0.25) is 0 Å². The maximum absolute atomic E-state index is 6.46. The van der Waals surface area contributed by atoms with Gasteiger partial charge in [0.05, 0.1) is 5.56 Å². The molecule has 2 heterocycles. The van der Waals surface area contributed by atoms with Gasteiger partial charge >= 0.3 is 0 Å². The second-order valence-corrected chi connectivity index (χ2v) is 11.9. The fourth-order valence-corrected chi connectivity index (χ4v) is 5.09. The molecule has 0 bridgehead atoms. The summed E-state index contributed by atoms with van der Waals surface area (Å²) in [4.78, 5) is 0. The summed E-state index contributed by atoms with van der Waals surface area (Å²) >= 11 is 0. The Balaban J connectivity index is 1.79. The predicted octanol–water partition coefficient (Wildman–Crippen LogP) is 8.65. The number of aryl methyl sites for hydroxylation is 2. The molecule has 0 aliphatic heterocycles. The van der Waals surface area contributed by atoms with Crippen molar-refractivity contribution in [3.05, 3.63) is 89.6 Å². The van der Waals surface area contributed by atoms with Crippen LogP contribution < -0.4 is 4.57 Å². The second kappa shape index (κ2) is 8.09. The summed E-state index contributed by atoms with van der Waals surface area (Å²) in [6.07, 6.45) is 2.31. The van der Waals surface area contributed by atoms with Crippen LogP contribution >= 0.6 is 0 Å². The topological polar surface area (TPSA) is 17.0 Å². The van der Waals surface area contributed by atoms with Crippen molar-refractivity contribution in [2.24, 2.45) is 7.05 Å². The number of para-hydroxylation sites is 1. The normalized spacial score (nSPS) is 12.6. The van der Waals surface area contributed by atoms with E-state index in [0.717, 1.165) is 33.2 Å². The fourth-order valence-electron chi connectivity index (χ4n) is 5.09. The average Bonchev–Trinajstić information content (AvgIpc) is 3.17. The Morgan fingerprint density at radius 3 is 2.09 bits per heavy atom. The van der Waals surface area contributed by atoms with Gasteiger partial charge in [-0.15, -0.1) is 0 Å². The van der Waals surface area contributed by atoms with E-state index < -0.39 is 0 Å². The van der Waals surface area contributed by atoms with E-state index in [0.29, 0.717) is 0 Å². The molecule has 0 saturated heterocycles. The molecular weight excluding hydrogens is 426 g/mol. The lowest BCUT2D eigenvalue weighted by molar-refractivity contribution is -0.660. The van der Waals surface area contributed by atoms with E-state index >= 15 is 0 Å². The SMILES string of the molecule is Cc1ccc2c(oc3ccccc32)c1-c1cc(-c2ccc(C(C)(C)C)cc2)c(C(C)(C)C)c[n+]1C. The van der Waals surface area contributed by atoms with Crippen molar-refractivity contribution >= 4 is 21.9 Å². The monoisotopic (exact) mass is 462 g/mol. The van der Waals surface area contributed by atoms with E-state index in [-0.39, 0.29) is 10.8 Å². The molecule has 178 valence electrons. The van der Waals surface area contributed by atoms with Crippen LogP contribution in [0.1, 0.15) is 58.2 Å². The smallest absolute Gasteiger partial charge is 0.216 e. The van der Waals surface area contributed by atoms with Crippen molar-refractivity contribution < 1.29 is 8.98 Å². The second-order valence-electron chi connectivity index (χ2n) is 11.9. The van der Waals surface area contributed by atoms with Crippen molar-refractivity contribution in [3.8, 4) is 22.4 Å². The van der Waals surface area contributed by atoms with E-state index in [1.165, 1.54) is 27.8 Å². The maximum Gasteiger partial charge on any atom is 0.216 e. The van der Waals surface area contributed by atoms with E-state index in [2.05, 4.69) is 127 Å². The average molecular weight is 463 g/mol. The zero-order valence-electron chi connectivity index (χ0n) is 22.3. The van der Waals surface area contributed by atoms with Crippen LogP contribution in [0.3, 0.4) is 0 Å². The molecule has 0 spiro atoms. The molecule has 5 rings (SSSR count). The third kappa shape index (κ3) is 4.05. The van der Waals surface area contributed by atoms with E-state index in [1.807, 2.05) is 6.07 Å². The largest absolute Gasteiger partial charge is 0.455 e. The Kier molecular flexibility index (Phi) is 5.40. The summed E-state index contributed by atoms with van der Waals surface area (Å²) in [7, 11) is 2.15. The highest BCUT2D eigenvalue weighted by atomic mass is 16.3. The first-order valence-electron chi connectivity index (χ1n) is 12.5. The molecule has 2 heteroatoms. The van der Waals surface area contributed by atoms with Crippen molar-refractivity contribution in [2.45, 2.75) is 59.3 Å². The summed E-state index contributed by atoms with van der Waals surface area (Å²) in [5, 5.41) is 2.33. The summed E-state index contributed by atoms with van der Waals surface area (Å²) in [6.45, 7) is 15.8. The standard InChI is InChI=1S/C33H36NO/c1-21-13-18-25-24-11-9-10-12-29(24)35-31(25)30(21)28-19-26(27(20-34(28)8)33(5,6)7)22-14-16-23(17-15-22)32(2,3)4/h9-20H,1-8H3/q+1. The molecule has 0 radical (unpaired) electrons. The van der Waals surface area contributed by atoms with Gasteiger partial charge in [-0.1, -0.05) is 96.1 Å². The van der Waals surface area contributed by atoms with Crippen LogP contribution in [0.15, 0.2) is 77.3 Å². The lowest BCUT2D eigenvalue weighted by atomic mass is 9.81. The Hall–Kier alpha value is -3.39. The van der Waals surface area contributed by atoms with Crippen molar-refractivity contribution in [3.63, 3.8) is 0 Å². The maximum atomic E-state index is 6.46. The minimum atomic E-state index is 0.00867. The van der Waals surface area contributed by atoms with Gasteiger partial charge in [0.2, 0.25) is 5.69 Å². The van der Waals surface area contributed by atoms with Gasteiger partial charge in [-0.05, 0) is 46.1 Å². The van der Waals surface area contributed by atoms with Gasteiger partial charge in [-0.2, -0.15) is 0 Å². The first-order chi connectivity index (χ1) is 16.4. The fraction of sp³-hybridized carbons (Fsp3) is 0.303. The number of rotatable bonds is 2. The third-order valence-corrected chi connectivity index (χ3v) is 7.16. The first kappa shape index (κ1) is 23.4. The molecule has 2 aromatic heterocycles. The summed E-state index contributed by atoms with van der Waals surface area (Å²) in [5.74, 6) is 0. The number of hydrogen-bond acceptors (Lipinski definition) is 1. The molecule has 2 nitrogen and oxygen atoms in total. The van der Waals surface area contributed by atoms with Gasteiger partial charge in [-0.25, -0.2) is 4.57 Å². The molecule has 0 aliphatic rings. The minimum absolute atomic E-state index is 0.00867. The van der Waals surface area contributed by atoms with Gasteiger partial charge in [0.25, 0.3) is 0 Å². The lowest BCUT2D eigenvalue weighted by Gasteiger charge is -2.23. The molecular formula is C33H36NO+. The highest BCUT2D eigenvalue weighted by Gasteiger charge is 2.28. The Morgan fingerprint density at radius 1 is 0.743 bits per heavy atom. The van der Waals surface area contributed by atoms with Gasteiger partial charge in [0.15, 0.2) is 6.20 Å². The zero-order chi connectivity index (χ0) is 25.1. The van der Waals surface area contributed by atoms with E-state index in [1.54, 1.807) is 0 Å². The molecule has 0 amide bonds. The number of aromatic nitrogens is 1.